The van der Waals surface area contributed by atoms with Crippen molar-refractivity contribution in [2.75, 3.05) is 21.3 Å². The zero-order valence-electron chi connectivity index (χ0n) is 11.4. The zero-order chi connectivity index (χ0) is 14.5. The van der Waals surface area contributed by atoms with Gasteiger partial charge in [-0.05, 0) is 24.3 Å². The third kappa shape index (κ3) is 2.69. The van der Waals surface area contributed by atoms with Crippen molar-refractivity contribution in [3.63, 3.8) is 0 Å². The van der Waals surface area contributed by atoms with Gasteiger partial charge in [0.2, 0.25) is 11.7 Å². The Kier molecular flexibility index (Phi) is 4.14. The first-order chi connectivity index (χ1) is 9.69. The summed E-state index contributed by atoms with van der Waals surface area (Å²) < 4.78 is 15.2. The molecule has 0 bridgehead atoms. The highest BCUT2D eigenvalue weighted by Crippen LogP contribution is 2.26. The molecule has 1 aromatic carbocycles. The van der Waals surface area contributed by atoms with Gasteiger partial charge in [-0.2, -0.15) is 0 Å². The van der Waals surface area contributed by atoms with Crippen molar-refractivity contribution in [1.29, 1.82) is 0 Å². The van der Waals surface area contributed by atoms with Crippen molar-refractivity contribution in [1.82, 2.24) is 10.2 Å². The summed E-state index contributed by atoms with van der Waals surface area (Å²) in [7, 11) is 4.51. The summed E-state index contributed by atoms with van der Waals surface area (Å²) in [5.74, 6) is 1.07. The Balaban J connectivity index is 2.40. The Morgan fingerprint density at radius 2 is 1.75 bits per heavy atom. The van der Waals surface area contributed by atoms with E-state index in [0.717, 1.165) is 0 Å². The van der Waals surface area contributed by atoms with Crippen LogP contribution in [0.15, 0.2) is 30.3 Å². The van der Waals surface area contributed by atoms with Crippen LogP contribution in [0.4, 0.5) is 0 Å². The van der Waals surface area contributed by atoms with Crippen LogP contribution in [-0.2, 0) is 0 Å². The Bertz CT molecular complexity index is 611. The van der Waals surface area contributed by atoms with Gasteiger partial charge in [-0.25, -0.2) is 0 Å². The average Bonchev–Trinajstić information content (AvgIpc) is 2.53. The van der Waals surface area contributed by atoms with Gasteiger partial charge in [-0.1, -0.05) is 0 Å². The van der Waals surface area contributed by atoms with E-state index in [-0.39, 0.29) is 11.5 Å². The lowest BCUT2D eigenvalue weighted by Gasteiger charge is -2.09. The molecule has 0 aliphatic carbocycles. The molecule has 1 heterocycles. The molecule has 1 aromatic heterocycles. The quantitative estimate of drug-likeness (QED) is 0.773. The predicted molar refractivity (Wildman–Crippen MR) is 71.6 cm³/mol. The van der Waals surface area contributed by atoms with Gasteiger partial charge in [0.15, 0.2) is 0 Å². The van der Waals surface area contributed by atoms with Crippen molar-refractivity contribution in [3.8, 4) is 17.4 Å². The normalized spacial score (nSPS) is 9.95. The Labute approximate surface area is 116 Å². The molecule has 0 saturated heterocycles. The molecule has 2 rings (SSSR count). The van der Waals surface area contributed by atoms with E-state index in [1.807, 2.05) is 0 Å². The molecule has 0 fully saturated rings. The van der Waals surface area contributed by atoms with Crippen LogP contribution in [0, 0.1) is 0 Å². The van der Waals surface area contributed by atoms with Crippen LogP contribution in [0.1, 0.15) is 16.1 Å². The molecule has 2 aromatic rings. The number of carbonyl (C=O) groups is 1. The predicted octanol–water partition coefficient (Wildman–Crippen LogP) is 1.73. The average molecular weight is 274 g/mol. The fourth-order valence-corrected chi connectivity index (χ4v) is 1.68. The maximum absolute atomic E-state index is 12.4. The maximum atomic E-state index is 12.4. The van der Waals surface area contributed by atoms with Crippen molar-refractivity contribution in [2.24, 2.45) is 0 Å². The van der Waals surface area contributed by atoms with Gasteiger partial charge < -0.3 is 14.2 Å². The molecule has 0 saturated carbocycles. The standard InChI is InChI=1S/C14H14N2O4/c1-18-9-4-6-12(19-2)10(8-9)14(17)11-5-7-13(20-3)16-15-11/h4-8H,1-3H3. The first kappa shape index (κ1) is 13.8. The number of ketones is 1. The van der Waals surface area contributed by atoms with Crippen molar-refractivity contribution in [2.45, 2.75) is 0 Å². The Hall–Kier alpha value is -2.63. The smallest absolute Gasteiger partial charge is 0.233 e. The van der Waals surface area contributed by atoms with E-state index in [4.69, 9.17) is 14.2 Å². The van der Waals surface area contributed by atoms with Crippen LogP contribution in [-0.4, -0.2) is 37.3 Å². The molecule has 6 heteroatoms. The minimum atomic E-state index is -0.295. The lowest BCUT2D eigenvalue weighted by Crippen LogP contribution is -2.08. The number of hydrogen-bond donors (Lipinski definition) is 0. The van der Waals surface area contributed by atoms with Gasteiger partial charge in [0.25, 0.3) is 0 Å². The minimum Gasteiger partial charge on any atom is -0.497 e. The van der Waals surface area contributed by atoms with Crippen LogP contribution in [0.2, 0.25) is 0 Å². The third-order valence-corrected chi connectivity index (χ3v) is 2.73. The number of methoxy groups -OCH3 is 3. The summed E-state index contributed by atoms with van der Waals surface area (Å²) in [5.41, 5.74) is 0.573. The van der Waals surface area contributed by atoms with E-state index in [0.29, 0.717) is 22.9 Å². The molecule has 0 aliphatic rings. The molecular formula is C14H14N2O4. The van der Waals surface area contributed by atoms with E-state index in [2.05, 4.69) is 10.2 Å². The van der Waals surface area contributed by atoms with Gasteiger partial charge in [-0.15, -0.1) is 10.2 Å². The SMILES string of the molecule is COc1ccc(OC)c(C(=O)c2ccc(OC)nn2)c1. The largest absolute Gasteiger partial charge is 0.497 e. The number of carbonyl (C=O) groups excluding carboxylic acids is 1. The van der Waals surface area contributed by atoms with Crippen LogP contribution < -0.4 is 14.2 Å². The molecule has 0 N–H and O–H groups in total. The molecule has 104 valence electrons. The van der Waals surface area contributed by atoms with Gasteiger partial charge >= 0.3 is 0 Å². The van der Waals surface area contributed by atoms with Gasteiger partial charge in [0, 0.05) is 6.07 Å². The second kappa shape index (κ2) is 6.01. The Morgan fingerprint density at radius 3 is 2.30 bits per heavy atom. The lowest BCUT2D eigenvalue weighted by molar-refractivity contribution is 0.103. The summed E-state index contributed by atoms with van der Waals surface area (Å²) in [6.07, 6.45) is 0. The van der Waals surface area contributed by atoms with E-state index in [9.17, 15) is 4.79 Å². The molecule has 0 unspecified atom stereocenters. The molecule has 0 spiro atoms. The van der Waals surface area contributed by atoms with Crippen molar-refractivity contribution < 1.29 is 19.0 Å². The number of nitrogens with zero attached hydrogens (tertiary/aromatic N) is 2. The highest BCUT2D eigenvalue weighted by atomic mass is 16.5. The molecule has 0 aliphatic heterocycles. The highest BCUT2D eigenvalue weighted by Gasteiger charge is 2.17. The fourth-order valence-electron chi connectivity index (χ4n) is 1.68. The Morgan fingerprint density at radius 1 is 0.950 bits per heavy atom. The van der Waals surface area contributed by atoms with Gasteiger partial charge in [0.05, 0.1) is 26.9 Å². The molecule has 0 radical (unpaired) electrons. The maximum Gasteiger partial charge on any atom is 0.233 e. The summed E-state index contributed by atoms with van der Waals surface area (Å²) >= 11 is 0. The number of ether oxygens (including phenoxy) is 3. The van der Waals surface area contributed by atoms with Crippen molar-refractivity contribution >= 4 is 5.78 Å². The second-order valence-electron chi connectivity index (χ2n) is 3.86. The van der Waals surface area contributed by atoms with E-state index in [1.54, 1.807) is 30.3 Å². The summed E-state index contributed by atoms with van der Waals surface area (Å²) in [4.78, 5) is 12.4. The monoisotopic (exact) mass is 274 g/mol. The summed E-state index contributed by atoms with van der Waals surface area (Å²) in [6.45, 7) is 0. The highest BCUT2D eigenvalue weighted by molar-refractivity contribution is 6.09. The number of aromatic nitrogens is 2. The first-order valence-electron chi connectivity index (χ1n) is 5.84. The summed E-state index contributed by atoms with van der Waals surface area (Å²) in [5, 5.41) is 7.61. The molecule has 6 nitrogen and oxygen atoms in total. The summed E-state index contributed by atoms with van der Waals surface area (Å²) in [6, 6.07) is 8.12. The van der Waals surface area contributed by atoms with Crippen LogP contribution in [0.25, 0.3) is 0 Å². The fraction of sp³-hybridized carbons (Fsp3) is 0.214. The van der Waals surface area contributed by atoms with Crippen LogP contribution in [0.5, 0.6) is 17.4 Å². The molecular weight excluding hydrogens is 260 g/mol. The molecule has 20 heavy (non-hydrogen) atoms. The topological polar surface area (TPSA) is 70.5 Å². The van der Waals surface area contributed by atoms with Gasteiger partial charge in [0.1, 0.15) is 17.2 Å². The molecule has 0 amide bonds. The van der Waals surface area contributed by atoms with Crippen molar-refractivity contribution in [3.05, 3.63) is 41.6 Å². The minimum absolute atomic E-state index is 0.206. The van der Waals surface area contributed by atoms with Crippen LogP contribution in [0.3, 0.4) is 0 Å². The lowest BCUT2D eigenvalue weighted by atomic mass is 10.1. The number of hydrogen-bond acceptors (Lipinski definition) is 6. The number of benzene rings is 1. The van der Waals surface area contributed by atoms with E-state index >= 15 is 0 Å². The first-order valence-corrected chi connectivity index (χ1v) is 5.84. The van der Waals surface area contributed by atoms with E-state index in [1.165, 1.54) is 21.3 Å². The van der Waals surface area contributed by atoms with Crippen LogP contribution >= 0.6 is 0 Å². The van der Waals surface area contributed by atoms with E-state index < -0.39 is 0 Å². The third-order valence-electron chi connectivity index (χ3n) is 2.73. The number of rotatable bonds is 5. The zero-order valence-corrected chi connectivity index (χ0v) is 11.4. The molecule has 0 atom stereocenters. The second-order valence-corrected chi connectivity index (χ2v) is 3.86. The van der Waals surface area contributed by atoms with Gasteiger partial charge in [-0.3, -0.25) is 4.79 Å².